The first kappa shape index (κ1) is 17.7. The first-order valence-corrected chi connectivity index (χ1v) is 7.55. The van der Waals surface area contributed by atoms with Crippen LogP contribution in [-0.2, 0) is 14.3 Å². The summed E-state index contributed by atoms with van der Waals surface area (Å²) in [4.78, 5) is 23.6. The standard InChI is InChI=1S/C17H28O4/c1-8-11(2)21-13(18)10-9-12-16(6,7)17(12,14(19)20)15(3,4)5/h9-12H,8H2,1-7H3,(H,19,20)/t11?,12-,17+/m0/s1. The van der Waals surface area contributed by atoms with Gasteiger partial charge in [-0.05, 0) is 24.2 Å². The van der Waals surface area contributed by atoms with Crippen molar-refractivity contribution in [2.45, 2.75) is 61.0 Å². The van der Waals surface area contributed by atoms with E-state index in [0.717, 1.165) is 6.42 Å². The van der Waals surface area contributed by atoms with Crippen molar-refractivity contribution < 1.29 is 19.4 Å². The Morgan fingerprint density at radius 3 is 2.19 bits per heavy atom. The van der Waals surface area contributed by atoms with E-state index in [1.165, 1.54) is 6.08 Å². The van der Waals surface area contributed by atoms with Crippen LogP contribution in [0.25, 0.3) is 0 Å². The number of allylic oxidation sites excluding steroid dienone is 1. The van der Waals surface area contributed by atoms with Crippen molar-refractivity contribution in [3.63, 3.8) is 0 Å². The summed E-state index contributed by atoms with van der Waals surface area (Å²) in [5.41, 5.74) is -1.63. The molecule has 0 amide bonds. The molecule has 0 aromatic heterocycles. The van der Waals surface area contributed by atoms with Crippen LogP contribution in [0.1, 0.15) is 54.9 Å². The fourth-order valence-electron chi connectivity index (χ4n) is 3.85. The first-order chi connectivity index (χ1) is 9.42. The number of hydrogen-bond donors (Lipinski definition) is 1. The molecule has 3 atom stereocenters. The second-order valence-electron chi connectivity index (χ2n) is 7.58. The number of esters is 1. The van der Waals surface area contributed by atoms with Gasteiger partial charge in [0.2, 0.25) is 0 Å². The van der Waals surface area contributed by atoms with E-state index in [1.807, 2.05) is 48.5 Å². The third-order valence-electron chi connectivity index (χ3n) is 5.01. The lowest BCUT2D eigenvalue weighted by Gasteiger charge is -2.30. The van der Waals surface area contributed by atoms with Gasteiger partial charge in [-0.15, -0.1) is 0 Å². The Balaban J connectivity index is 2.95. The topological polar surface area (TPSA) is 63.6 Å². The van der Waals surface area contributed by atoms with Crippen molar-refractivity contribution in [1.82, 2.24) is 0 Å². The SMILES string of the molecule is CCC(C)OC(=O)C=C[C@H]1C(C)(C)[C@]1(C(=O)O)C(C)(C)C. The quantitative estimate of drug-likeness (QED) is 0.621. The molecule has 4 nitrogen and oxygen atoms in total. The van der Waals surface area contributed by atoms with E-state index in [-0.39, 0.29) is 17.4 Å². The number of carboxylic acids is 1. The van der Waals surface area contributed by atoms with Crippen LogP contribution < -0.4 is 0 Å². The van der Waals surface area contributed by atoms with E-state index in [9.17, 15) is 14.7 Å². The van der Waals surface area contributed by atoms with E-state index >= 15 is 0 Å². The van der Waals surface area contributed by atoms with Gasteiger partial charge in [0.05, 0.1) is 11.5 Å². The fraction of sp³-hybridized carbons (Fsp3) is 0.765. The van der Waals surface area contributed by atoms with E-state index in [1.54, 1.807) is 6.08 Å². The van der Waals surface area contributed by atoms with Crippen molar-refractivity contribution in [3.05, 3.63) is 12.2 Å². The smallest absolute Gasteiger partial charge is 0.330 e. The third kappa shape index (κ3) is 2.72. The van der Waals surface area contributed by atoms with Crippen LogP contribution in [0.4, 0.5) is 0 Å². The van der Waals surface area contributed by atoms with E-state index < -0.39 is 22.8 Å². The maximum absolute atomic E-state index is 11.9. The highest BCUT2D eigenvalue weighted by Gasteiger charge is 2.79. The molecular formula is C17H28O4. The summed E-state index contributed by atoms with van der Waals surface area (Å²) in [5.74, 6) is -1.38. The van der Waals surface area contributed by atoms with Crippen molar-refractivity contribution in [1.29, 1.82) is 0 Å². The molecule has 0 aliphatic heterocycles. The Kier molecular flexibility index (Phi) is 4.62. The summed E-state index contributed by atoms with van der Waals surface area (Å²) >= 11 is 0. The molecule has 0 heterocycles. The zero-order chi connectivity index (χ0) is 16.6. The number of ether oxygens (including phenoxy) is 1. The molecular weight excluding hydrogens is 268 g/mol. The third-order valence-corrected chi connectivity index (χ3v) is 5.01. The number of hydrogen-bond acceptors (Lipinski definition) is 3. The lowest BCUT2D eigenvalue weighted by Crippen LogP contribution is -2.35. The van der Waals surface area contributed by atoms with Crippen LogP contribution >= 0.6 is 0 Å². The van der Waals surface area contributed by atoms with Crippen molar-refractivity contribution in [2.24, 2.45) is 22.2 Å². The molecule has 1 saturated carbocycles. The summed E-state index contributed by atoms with van der Waals surface area (Å²) in [5, 5.41) is 9.74. The number of carbonyl (C=O) groups is 2. The Bertz CT molecular complexity index is 456. The number of carboxylic acid groups (broad SMARTS) is 1. The molecule has 21 heavy (non-hydrogen) atoms. The highest BCUT2D eigenvalue weighted by Crippen LogP contribution is 2.76. The zero-order valence-corrected chi connectivity index (χ0v) is 14.2. The lowest BCUT2D eigenvalue weighted by molar-refractivity contribution is -0.150. The van der Waals surface area contributed by atoms with E-state index in [0.29, 0.717) is 0 Å². The highest BCUT2D eigenvalue weighted by atomic mass is 16.5. The van der Waals surface area contributed by atoms with Gasteiger partial charge >= 0.3 is 11.9 Å². The minimum absolute atomic E-state index is 0.124. The molecule has 120 valence electrons. The van der Waals surface area contributed by atoms with E-state index in [2.05, 4.69) is 0 Å². The van der Waals surface area contributed by atoms with Gasteiger partial charge in [-0.2, -0.15) is 0 Å². The van der Waals surface area contributed by atoms with Crippen LogP contribution in [0.3, 0.4) is 0 Å². The zero-order valence-electron chi connectivity index (χ0n) is 14.2. The van der Waals surface area contributed by atoms with Gasteiger partial charge < -0.3 is 9.84 Å². The highest BCUT2D eigenvalue weighted by molar-refractivity contribution is 5.85. The summed E-state index contributed by atoms with van der Waals surface area (Å²) in [6.07, 6.45) is 3.73. The molecule has 4 heteroatoms. The number of aliphatic carboxylic acids is 1. The largest absolute Gasteiger partial charge is 0.481 e. The summed E-state index contributed by atoms with van der Waals surface area (Å²) < 4.78 is 5.19. The number of rotatable bonds is 5. The molecule has 1 fully saturated rings. The van der Waals surface area contributed by atoms with Crippen LogP contribution in [0.15, 0.2) is 12.2 Å². The van der Waals surface area contributed by atoms with Crippen molar-refractivity contribution in [3.8, 4) is 0 Å². The van der Waals surface area contributed by atoms with Crippen molar-refractivity contribution >= 4 is 11.9 Å². The Hall–Kier alpha value is -1.32. The molecule has 0 radical (unpaired) electrons. The molecule has 0 saturated heterocycles. The molecule has 0 aromatic carbocycles. The molecule has 0 bridgehead atoms. The van der Waals surface area contributed by atoms with Crippen LogP contribution in [-0.4, -0.2) is 23.1 Å². The van der Waals surface area contributed by atoms with Crippen LogP contribution in [0.2, 0.25) is 0 Å². The lowest BCUT2D eigenvalue weighted by atomic mass is 9.72. The second-order valence-corrected chi connectivity index (χ2v) is 7.58. The van der Waals surface area contributed by atoms with Crippen LogP contribution in [0.5, 0.6) is 0 Å². The van der Waals surface area contributed by atoms with Gasteiger partial charge in [-0.25, -0.2) is 4.79 Å². The summed E-state index contributed by atoms with van der Waals surface area (Å²) in [6.45, 7) is 13.5. The number of carbonyl (C=O) groups excluding carboxylic acids is 1. The average molecular weight is 296 g/mol. The minimum atomic E-state index is -0.854. The molecule has 1 N–H and O–H groups in total. The molecule has 1 unspecified atom stereocenters. The molecule has 0 spiro atoms. The van der Waals surface area contributed by atoms with Gasteiger partial charge in [0.25, 0.3) is 0 Å². The Morgan fingerprint density at radius 2 is 1.86 bits per heavy atom. The first-order valence-electron chi connectivity index (χ1n) is 7.55. The minimum Gasteiger partial charge on any atom is -0.481 e. The van der Waals surface area contributed by atoms with Crippen LogP contribution in [0, 0.1) is 22.2 Å². The van der Waals surface area contributed by atoms with E-state index in [4.69, 9.17) is 4.74 Å². The molecule has 0 aromatic rings. The maximum Gasteiger partial charge on any atom is 0.330 e. The average Bonchev–Trinajstić information content (AvgIpc) is 2.83. The molecule has 1 aliphatic rings. The Morgan fingerprint density at radius 1 is 1.33 bits per heavy atom. The normalized spacial score (nSPS) is 29.2. The van der Waals surface area contributed by atoms with Gasteiger partial charge in [0.1, 0.15) is 0 Å². The van der Waals surface area contributed by atoms with Crippen molar-refractivity contribution in [2.75, 3.05) is 0 Å². The predicted molar refractivity (Wildman–Crippen MR) is 81.8 cm³/mol. The summed E-state index contributed by atoms with van der Waals surface area (Å²) in [6, 6.07) is 0. The maximum atomic E-state index is 11.9. The van der Waals surface area contributed by atoms with Gasteiger partial charge in [0, 0.05) is 12.0 Å². The van der Waals surface area contributed by atoms with Gasteiger partial charge in [0.15, 0.2) is 0 Å². The second kappa shape index (κ2) is 5.47. The molecule has 1 rings (SSSR count). The summed E-state index contributed by atoms with van der Waals surface area (Å²) in [7, 11) is 0. The predicted octanol–water partition coefficient (Wildman–Crippen LogP) is 3.66. The monoisotopic (exact) mass is 296 g/mol. The fourth-order valence-corrected chi connectivity index (χ4v) is 3.85. The van der Waals surface area contributed by atoms with Gasteiger partial charge in [-0.1, -0.05) is 47.6 Å². The molecule has 1 aliphatic carbocycles. The Labute approximate surface area is 127 Å². The van der Waals surface area contributed by atoms with Gasteiger partial charge in [-0.3, -0.25) is 4.79 Å².